The van der Waals surface area contributed by atoms with E-state index in [1.54, 1.807) is 0 Å². The van der Waals surface area contributed by atoms with Crippen LogP contribution in [-0.4, -0.2) is 12.6 Å². The van der Waals surface area contributed by atoms with Gasteiger partial charge in [0.2, 0.25) is 0 Å². The maximum absolute atomic E-state index is 5.78. The zero-order valence-corrected chi connectivity index (χ0v) is 9.71. The van der Waals surface area contributed by atoms with Crippen molar-refractivity contribution in [3.63, 3.8) is 0 Å². The van der Waals surface area contributed by atoms with Gasteiger partial charge in [0.1, 0.15) is 0 Å². The number of nitrogens with one attached hydrogen (secondary N) is 1. The van der Waals surface area contributed by atoms with Crippen molar-refractivity contribution in [1.29, 1.82) is 0 Å². The molecular weight excluding hydrogens is 186 g/mol. The molecule has 0 amide bonds. The van der Waals surface area contributed by atoms with E-state index in [-0.39, 0.29) is 6.10 Å². The van der Waals surface area contributed by atoms with Gasteiger partial charge in [-0.25, -0.2) is 0 Å². The number of hydrogen-bond acceptors (Lipinski definition) is 2. The Balaban J connectivity index is 2.33. The standard InChI is InChI=1S/C13H19NO/c1-4-15-13-8-10(3)14-12-7-9(2)5-6-11(12)13/h5-7,10,13-14H,4,8H2,1-3H3/t10-,13-/m0/s1. The molecule has 2 nitrogen and oxygen atoms in total. The van der Waals surface area contributed by atoms with E-state index in [1.165, 1.54) is 16.8 Å². The monoisotopic (exact) mass is 205 g/mol. The van der Waals surface area contributed by atoms with Crippen molar-refractivity contribution in [1.82, 2.24) is 0 Å². The van der Waals surface area contributed by atoms with Crippen molar-refractivity contribution in [2.24, 2.45) is 0 Å². The van der Waals surface area contributed by atoms with Gasteiger partial charge in [-0.05, 0) is 38.8 Å². The topological polar surface area (TPSA) is 21.3 Å². The first kappa shape index (κ1) is 10.5. The van der Waals surface area contributed by atoms with Crippen LogP contribution in [0.5, 0.6) is 0 Å². The van der Waals surface area contributed by atoms with Crippen LogP contribution < -0.4 is 5.32 Å². The summed E-state index contributed by atoms with van der Waals surface area (Å²) in [6.45, 7) is 7.17. The third-order valence-corrected chi connectivity index (χ3v) is 2.89. The molecule has 1 aliphatic heterocycles. The van der Waals surface area contributed by atoms with Crippen LogP contribution in [0.1, 0.15) is 37.5 Å². The average Bonchev–Trinajstić information content (AvgIpc) is 2.17. The van der Waals surface area contributed by atoms with Crippen molar-refractivity contribution in [2.45, 2.75) is 39.3 Å². The molecule has 0 spiro atoms. The lowest BCUT2D eigenvalue weighted by atomic mass is 9.95. The average molecular weight is 205 g/mol. The summed E-state index contributed by atoms with van der Waals surface area (Å²) >= 11 is 0. The van der Waals surface area contributed by atoms with Crippen LogP contribution in [0, 0.1) is 6.92 Å². The molecule has 0 aromatic heterocycles. The van der Waals surface area contributed by atoms with Gasteiger partial charge in [-0.1, -0.05) is 12.1 Å². The lowest BCUT2D eigenvalue weighted by Crippen LogP contribution is -2.26. The lowest BCUT2D eigenvalue weighted by Gasteiger charge is -2.31. The molecule has 1 N–H and O–H groups in total. The van der Waals surface area contributed by atoms with Gasteiger partial charge < -0.3 is 10.1 Å². The Morgan fingerprint density at radius 3 is 3.00 bits per heavy atom. The van der Waals surface area contributed by atoms with E-state index < -0.39 is 0 Å². The van der Waals surface area contributed by atoms with Gasteiger partial charge in [0, 0.05) is 23.9 Å². The zero-order valence-electron chi connectivity index (χ0n) is 9.71. The first-order valence-electron chi connectivity index (χ1n) is 5.69. The number of rotatable bonds is 2. The summed E-state index contributed by atoms with van der Waals surface area (Å²) in [7, 11) is 0. The molecule has 0 saturated carbocycles. The molecule has 2 rings (SSSR count). The van der Waals surface area contributed by atoms with Crippen molar-refractivity contribution in [3.05, 3.63) is 29.3 Å². The molecule has 1 heterocycles. The first-order valence-corrected chi connectivity index (χ1v) is 5.69. The predicted molar refractivity (Wildman–Crippen MR) is 63.2 cm³/mol. The van der Waals surface area contributed by atoms with Crippen molar-refractivity contribution < 1.29 is 4.74 Å². The zero-order chi connectivity index (χ0) is 10.8. The Morgan fingerprint density at radius 2 is 2.27 bits per heavy atom. The summed E-state index contributed by atoms with van der Waals surface area (Å²) in [6, 6.07) is 7.04. The fourth-order valence-corrected chi connectivity index (χ4v) is 2.21. The van der Waals surface area contributed by atoms with Gasteiger partial charge in [0.05, 0.1) is 6.10 Å². The molecule has 0 unspecified atom stereocenters. The maximum atomic E-state index is 5.78. The number of benzene rings is 1. The second-order valence-electron chi connectivity index (χ2n) is 4.32. The molecule has 1 aliphatic rings. The Labute approximate surface area is 91.6 Å². The minimum absolute atomic E-state index is 0.266. The fourth-order valence-electron chi connectivity index (χ4n) is 2.21. The molecule has 0 aliphatic carbocycles. The number of aryl methyl sites for hydroxylation is 1. The summed E-state index contributed by atoms with van der Waals surface area (Å²) in [4.78, 5) is 0. The van der Waals surface area contributed by atoms with Gasteiger partial charge in [-0.3, -0.25) is 0 Å². The smallest absolute Gasteiger partial charge is 0.0864 e. The number of hydrogen-bond donors (Lipinski definition) is 1. The minimum Gasteiger partial charge on any atom is -0.382 e. The summed E-state index contributed by atoms with van der Waals surface area (Å²) < 4.78 is 5.78. The Hall–Kier alpha value is -1.02. The van der Waals surface area contributed by atoms with E-state index in [4.69, 9.17) is 4.74 Å². The van der Waals surface area contributed by atoms with Crippen LogP contribution in [-0.2, 0) is 4.74 Å². The molecule has 2 atom stereocenters. The number of anilines is 1. The fraction of sp³-hybridized carbons (Fsp3) is 0.538. The highest BCUT2D eigenvalue weighted by atomic mass is 16.5. The van der Waals surface area contributed by atoms with Gasteiger partial charge in [0.25, 0.3) is 0 Å². The van der Waals surface area contributed by atoms with E-state index in [9.17, 15) is 0 Å². The highest BCUT2D eigenvalue weighted by Gasteiger charge is 2.24. The molecule has 2 heteroatoms. The van der Waals surface area contributed by atoms with Crippen molar-refractivity contribution in [2.75, 3.05) is 11.9 Å². The SMILES string of the molecule is CCO[C@H]1C[C@H](C)Nc2cc(C)ccc21. The van der Waals surface area contributed by atoms with Gasteiger partial charge in [-0.2, -0.15) is 0 Å². The molecule has 1 aromatic carbocycles. The number of ether oxygens (including phenoxy) is 1. The largest absolute Gasteiger partial charge is 0.382 e. The minimum atomic E-state index is 0.266. The van der Waals surface area contributed by atoms with Crippen LogP contribution in [0.3, 0.4) is 0 Å². The third-order valence-electron chi connectivity index (χ3n) is 2.89. The molecular formula is C13H19NO. The van der Waals surface area contributed by atoms with Crippen molar-refractivity contribution in [3.8, 4) is 0 Å². The maximum Gasteiger partial charge on any atom is 0.0864 e. The summed E-state index contributed by atoms with van der Waals surface area (Å²) in [5.41, 5.74) is 3.85. The lowest BCUT2D eigenvalue weighted by molar-refractivity contribution is 0.0512. The Kier molecular flexibility index (Phi) is 2.96. The molecule has 0 radical (unpaired) electrons. The quantitative estimate of drug-likeness (QED) is 0.800. The molecule has 15 heavy (non-hydrogen) atoms. The second-order valence-corrected chi connectivity index (χ2v) is 4.32. The molecule has 1 aromatic rings. The van der Waals surface area contributed by atoms with Crippen LogP contribution >= 0.6 is 0 Å². The van der Waals surface area contributed by atoms with E-state index in [1.807, 2.05) is 0 Å². The summed E-state index contributed by atoms with van der Waals surface area (Å²) in [6.07, 6.45) is 1.33. The molecule has 0 fully saturated rings. The highest BCUT2D eigenvalue weighted by Crippen LogP contribution is 2.35. The molecule has 0 saturated heterocycles. The molecule has 0 bridgehead atoms. The Morgan fingerprint density at radius 1 is 1.47 bits per heavy atom. The van der Waals surface area contributed by atoms with E-state index in [0.717, 1.165) is 13.0 Å². The highest BCUT2D eigenvalue weighted by molar-refractivity contribution is 5.56. The molecule has 82 valence electrons. The van der Waals surface area contributed by atoms with Crippen LogP contribution in [0.4, 0.5) is 5.69 Å². The third kappa shape index (κ3) is 2.15. The van der Waals surface area contributed by atoms with Gasteiger partial charge in [-0.15, -0.1) is 0 Å². The summed E-state index contributed by atoms with van der Waals surface area (Å²) in [5.74, 6) is 0. The van der Waals surface area contributed by atoms with Gasteiger partial charge in [0.15, 0.2) is 0 Å². The first-order chi connectivity index (χ1) is 7.20. The predicted octanol–water partition coefficient (Wildman–Crippen LogP) is 3.28. The van der Waals surface area contributed by atoms with Crippen LogP contribution in [0.2, 0.25) is 0 Å². The summed E-state index contributed by atoms with van der Waals surface area (Å²) in [5, 5.41) is 3.51. The van der Waals surface area contributed by atoms with E-state index in [2.05, 4.69) is 44.3 Å². The van der Waals surface area contributed by atoms with Crippen LogP contribution in [0.25, 0.3) is 0 Å². The Bertz CT molecular complexity index is 348. The van der Waals surface area contributed by atoms with Crippen molar-refractivity contribution >= 4 is 5.69 Å². The van der Waals surface area contributed by atoms with E-state index >= 15 is 0 Å². The normalized spacial score (nSPS) is 24.5. The second kappa shape index (κ2) is 4.23. The van der Waals surface area contributed by atoms with E-state index in [0.29, 0.717) is 6.04 Å². The number of fused-ring (bicyclic) bond motifs is 1. The van der Waals surface area contributed by atoms with Gasteiger partial charge >= 0.3 is 0 Å². The van der Waals surface area contributed by atoms with Crippen LogP contribution in [0.15, 0.2) is 18.2 Å².